The highest BCUT2D eigenvalue weighted by Crippen LogP contribution is 2.24. The lowest BCUT2D eigenvalue weighted by Crippen LogP contribution is -2.25. The maximum atomic E-state index is 11.1. The van der Waals surface area contributed by atoms with Gasteiger partial charge in [0.2, 0.25) is 5.88 Å². The number of ether oxygens (including phenoxy) is 1. The summed E-state index contributed by atoms with van der Waals surface area (Å²) in [5, 5.41) is 6.73. The molecule has 0 fully saturated rings. The number of halogens is 1. The number of rotatable bonds is 4. The van der Waals surface area contributed by atoms with E-state index in [2.05, 4.69) is 26.3 Å². The van der Waals surface area contributed by atoms with Crippen LogP contribution >= 0.6 is 15.9 Å². The number of benzene rings is 1. The maximum absolute atomic E-state index is 11.1. The lowest BCUT2D eigenvalue weighted by molar-refractivity contribution is -0.122. The van der Waals surface area contributed by atoms with E-state index < -0.39 is 0 Å². The molecule has 0 saturated heterocycles. The van der Waals surface area contributed by atoms with Crippen LogP contribution in [-0.4, -0.2) is 29.3 Å². The molecule has 1 aromatic heterocycles. The third kappa shape index (κ3) is 2.89. The van der Waals surface area contributed by atoms with Crippen molar-refractivity contribution in [2.24, 2.45) is 0 Å². The van der Waals surface area contributed by atoms with Crippen molar-refractivity contribution in [2.45, 2.75) is 0 Å². The number of aromatic nitrogens is 2. The predicted octanol–water partition coefficient (Wildman–Crippen LogP) is 1.76. The first-order valence-corrected chi connectivity index (χ1v) is 6.14. The Morgan fingerprint density at radius 3 is 2.83 bits per heavy atom. The molecule has 0 aliphatic heterocycles. The molecule has 0 radical (unpaired) electrons. The highest BCUT2D eigenvalue weighted by molar-refractivity contribution is 9.10. The number of amides is 1. The number of nitrogens with one attached hydrogen (secondary N) is 1. The van der Waals surface area contributed by atoms with E-state index in [9.17, 15) is 4.79 Å². The van der Waals surface area contributed by atoms with E-state index in [0.717, 1.165) is 5.69 Å². The zero-order chi connectivity index (χ0) is 13.0. The minimum absolute atomic E-state index is 0.0547. The number of carbonyl (C=O) groups excluding carboxylic acids is 1. The second-order valence-electron chi connectivity index (χ2n) is 3.52. The quantitative estimate of drug-likeness (QED) is 0.936. The van der Waals surface area contributed by atoms with E-state index in [1.165, 1.54) is 0 Å². The molecule has 1 aromatic carbocycles. The smallest absolute Gasteiger partial charge is 0.257 e. The standard InChI is InChI=1S/C12H12BrN3O2/c1-14-11(17)8-18-12-10(13)7-16(15-12)9-5-3-2-4-6-9/h2-7H,8H2,1H3,(H,14,17). The molecule has 2 rings (SSSR count). The molecule has 0 bridgehead atoms. The molecular weight excluding hydrogens is 298 g/mol. The molecule has 0 unspecified atom stereocenters. The summed E-state index contributed by atoms with van der Waals surface area (Å²) in [6.07, 6.45) is 1.79. The Hall–Kier alpha value is -1.82. The van der Waals surface area contributed by atoms with Crippen molar-refractivity contribution in [2.75, 3.05) is 13.7 Å². The summed E-state index contributed by atoms with van der Waals surface area (Å²) in [5.74, 6) is 0.193. The molecule has 6 heteroatoms. The second-order valence-corrected chi connectivity index (χ2v) is 4.38. The summed E-state index contributed by atoms with van der Waals surface area (Å²) in [6.45, 7) is -0.0547. The van der Waals surface area contributed by atoms with Gasteiger partial charge in [0.1, 0.15) is 0 Å². The van der Waals surface area contributed by atoms with Gasteiger partial charge in [0.25, 0.3) is 5.91 Å². The lowest BCUT2D eigenvalue weighted by atomic mass is 10.3. The van der Waals surface area contributed by atoms with E-state index >= 15 is 0 Å². The van der Waals surface area contributed by atoms with Crippen molar-refractivity contribution < 1.29 is 9.53 Å². The number of carbonyl (C=O) groups is 1. The van der Waals surface area contributed by atoms with Crippen LogP contribution in [0.5, 0.6) is 5.88 Å². The molecule has 0 atom stereocenters. The Kier molecular flexibility index (Phi) is 3.99. The van der Waals surface area contributed by atoms with Gasteiger partial charge in [-0.3, -0.25) is 4.79 Å². The number of para-hydroxylation sites is 1. The fraction of sp³-hybridized carbons (Fsp3) is 0.167. The molecule has 0 aliphatic rings. The number of nitrogens with zero attached hydrogens (tertiary/aromatic N) is 2. The molecule has 0 spiro atoms. The lowest BCUT2D eigenvalue weighted by Gasteiger charge is -2.02. The van der Waals surface area contributed by atoms with Gasteiger partial charge in [-0.25, -0.2) is 4.68 Å². The maximum Gasteiger partial charge on any atom is 0.257 e. The van der Waals surface area contributed by atoms with Crippen molar-refractivity contribution in [3.05, 3.63) is 41.0 Å². The van der Waals surface area contributed by atoms with Gasteiger partial charge in [-0.15, -0.1) is 5.10 Å². The molecular formula is C12H12BrN3O2. The van der Waals surface area contributed by atoms with Gasteiger partial charge in [-0.2, -0.15) is 0 Å². The first-order valence-electron chi connectivity index (χ1n) is 5.34. The Labute approximate surface area is 113 Å². The molecule has 94 valence electrons. The van der Waals surface area contributed by atoms with Crippen molar-refractivity contribution in [1.82, 2.24) is 15.1 Å². The average Bonchev–Trinajstić information content (AvgIpc) is 2.78. The third-order valence-electron chi connectivity index (χ3n) is 2.28. The minimum atomic E-state index is -0.198. The molecule has 1 heterocycles. The van der Waals surface area contributed by atoms with E-state index in [-0.39, 0.29) is 12.5 Å². The first-order chi connectivity index (χ1) is 8.70. The zero-order valence-corrected chi connectivity index (χ0v) is 11.3. The van der Waals surface area contributed by atoms with E-state index in [1.54, 1.807) is 17.9 Å². The normalized spacial score (nSPS) is 10.1. The highest BCUT2D eigenvalue weighted by Gasteiger charge is 2.10. The SMILES string of the molecule is CNC(=O)COc1nn(-c2ccccc2)cc1Br. The predicted molar refractivity (Wildman–Crippen MR) is 70.8 cm³/mol. The van der Waals surface area contributed by atoms with Crippen LogP contribution in [-0.2, 0) is 4.79 Å². The summed E-state index contributed by atoms with van der Waals surface area (Å²) < 4.78 is 7.69. The number of hydrogen-bond donors (Lipinski definition) is 1. The van der Waals surface area contributed by atoms with Gasteiger partial charge < -0.3 is 10.1 Å². The van der Waals surface area contributed by atoms with Gasteiger partial charge in [-0.1, -0.05) is 18.2 Å². The van der Waals surface area contributed by atoms with Crippen LogP contribution in [0.15, 0.2) is 41.0 Å². The van der Waals surface area contributed by atoms with E-state index in [0.29, 0.717) is 10.4 Å². The van der Waals surface area contributed by atoms with Crippen molar-refractivity contribution in [3.8, 4) is 11.6 Å². The summed E-state index contributed by atoms with van der Waals surface area (Å²) in [6, 6.07) is 9.65. The molecule has 1 amide bonds. The van der Waals surface area contributed by atoms with Gasteiger partial charge >= 0.3 is 0 Å². The summed E-state index contributed by atoms with van der Waals surface area (Å²) in [4.78, 5) is 11.1. The average molecular weight is 310 g/mol. The summed E-state index contributed by atoms with van der Waals surface area (Å²) in [7, 11) is 1.56. The number of likely N-dealkylation sites (N-methyl/N-ethyl adjacent to an activating group) is 1. The molecule has 2 aromatic rings. The van der Waals surface area contributed by atoms with Gasteiger partial charge in [0.05, 0.1) is 10.2 Å². The monoisotopic (exact) mass is 309 g/mol. The molecule has 0 aliphatic carbocycles. The first kappa shape index (κ1) is 12.6. The topological polar surface area (TPSA) is 56.1 Å². The van der Waals surface area contributed by atoms with Gasteiger partial charge in [0, 0.05) is 13.2 Å². The Morgan fingerprint density at radius 2 is 2.17 bits per heavy atom. The van der Waals surface area contributed by atoms with Crippen molar-refractivity contribution in [3.63, 3.8) is 0 Å². The highest BCUT2D eigenvalue weighted by atomic mass is 79.9. The van der Waals surface area contributed by atoms with E-state index in [1.807, 2.05) is 30.3 Å². The Bertz CT molecular complexity index is 540. The molecule has 18 heavy (non-hydrogen) atoms. The van der Waals surface area contributed by atoms with E-state index in [4.69, 9.17) is 4.74 Å². The summed E-state index contributed by atoms with van der Waals surface area (Å²) >= 11 is 3.35. The van der Waals surface area contributed by atoms with Gasteiger partial charge in [0.15, 0.2) is 6.61 Å². The Balaban J connectivity index is 2.15. The minimum Gasteiger partial charge on any atom is -0.466 e. The third-order valence-corrected chi connectivity index (χ3v) is 2.82. The Morgan fingerprint density at radius 1 is 1.44 bits per heavy atom. The second kappa shape index (κ2) is 5.68. The van der Waals surface area contributed by atoms with Gasteiger partial charge in [-0.05, 0) is 28.1 Å². The zero-order valence-electron chi connectivity index (χ0n) is 9.76. The van der Waals surface area contributed by atoms with Crippen molar-refractivity contribution in [1.29, 1.82) is 0 Å². The van der Waals surface area contributed by atoms with Crippen LogP contribution in [0.1, 0.15) is 0 Å². The largest absolute Gasteiger partial charge is 0.466 e. The van der Waals surface area contributed by atoms with Crippen LogP contribution in [0, 0.1) is 0 Å². The molecule has 1 N–H and O–H groups in total. The van der Waals surface area contributed by atoms with Crippen LogP contribution in [0.25, 0.3) is 5.69 Å². The van der Waals surface area contributed by atoms with Crippen LogP contribution in [0.2, 0.25) is 0 Å². The fourth-order valence-electron chi connectivity index (χ4n) is 1.35. The fourth-order valence-corrected chi connectivity index (χ4v) is 1.74. The number of hydrogen-bond acceptors (Lipinski definition) is 3. The molecule has 0 saturated carbocycles. The van der Waals surface area contributed by atoms with Crippen LogP contribution in [0.4, 0.5) is 0 Å². The molecule has 5 nitrogen and oxygen atoms in total. The van der Waals surface area contributed by atoms with Crippen LogP contribution in [0.3, 0.4) is 0 Å². The van der Waals surface area contributed by atoms with Crippen molar-refractivity contribution >= 4 is 21.8 Å². The summed E-state index contributed by atoms with van der Waals surface area (Å²) in [5.41, 5.74) is 0.924. The van der Waals surface area contributed by atoms with Crippen LogP contribution < -0.4 is 10.1 Å².